The number of ketones is 1. The number of hydrogen-bond donors (Lipinski definition) is 0. The van der Waals surface area contributed by atoms with Gasteiger partial charge in [-0.05, 0) is 67.7 Å². The van der Waals surface area contributed by atoms with Gasteiger partial charge in [-0.3, -0.25) is 14.8 Å². The average Bonchev–Trinajstić information content (AvgIpc) is 3.12. The lowest BCUT2D eigenvalue weighted by atomic mass is 9.94. The molecule has 0 fully saturated rings. The van der Waals surface area contributed by atoms with Crippen LogP contribution < -0.4 is 4.90 Å². The molecule has 2 aromatic heterocycles. The van der Waals surface area contributed by atoms with Crippen LogP contribution in [-0.4, -0.2) is 49.0 Å². The number of anilines is 1. The van der Waals surface area contributed by atoms with Gasteiger partial charge in [0.25, 0.3) is 5.95 Å². The lowest BCUT2D eigenvalue weighted by molar-refractivity contribution is -0.115. The number of aryl methyl sites for hydroxylation is 2. The molecule has 8 heteroatoms. The lowest BCUT2D eigenvalue weighted by Gasteiger charge is -2.29. The highest BCUT2D eigenvalue weighted by Crippen LogP contribution is 2.34. The summed E-state index contributed by atoms with van der Waals surface area (Å²) in [6.07, 6.45) is 12.5. The van der Waals surface area contributed by atoms with Crippen LogP contribution in [0.15, 0.2) is 23.4 Å². The molecule has 3 heterocycles. The van der Waals surface area contributed by atoms with Gasteiger partial charge in [-0.25, -0.2) is 0 Å². The molecule has 0 amide bonds. The van der Waals surface area contributed by atoms with E-state index in [0.717, 1.165) is 80.7 Å². The monoisotopic (exact) mass is 405 g/mol. The third-order valence-corrected chi connectivity index (χ3v) is 6.30. The standard InChI is InChI=1S/C22H27N7O/c1-28-26-22(25-27-28)29-11-10-15-8-5-9-19-21(18(15)14-29)23-13-17(24-19)12-20(30)16-6-3-2-4-7-16/h6,13H,2-5,7-12,14H2,1H3. The summed E-state index contributed by atoms with van der Waals surface area (Å²) in [5.74, 6) is 0.862. The maximum atomic E-state index is 12.7. The summed E-state index contributed by atoms with van der Waals surface area (Å²) in [6, 6.07) is 0. The normalized spacial score (nSPS) is 19.1. The molecule has 3 aliphatic rings. The predicted octanol–water partition coefficient (Wildman–Crippen LogP) is 2.61. The number of carbonyl (C=O) groups excluding carboxylic acids is 1. The quantitative estimate of drug-likeness (QED) is 0.772. The molecule has 0 saturated carbocycles. The fourth-order valence-electron chi connectivity index (χ4n) is 4.71. The van der Waals surface area contributed by atoms with Crippen LogP contribution in [0.25, 0.3) is 5.57 Å². The Morgan fingerprint density at radius 3 is 2.87 bits per heavy atom. The number of aromatic nitrogens is 6. The van der Waals surface area contributed by atoms with Gasteiger partial charge in [0, 0.05) is 19.3 Å². The maximum Gasteiger partial charge on any atom is 0.266 e. The molecular formula is C22H27N7O. The van der Waals surface area contributed by atoms with E-state index in [-0.39, 0.29) is 5.78 Å². The van der Waals surface area contributed by atoms with Crippen molar-refractivity contribution in [2.45, 2.75) is 57.8 Å². The molecule has 0 radical (unpaired) electrons. The van der Waals surface area contributed by atoms with Crippen LogP contribution in [0.2, 0.25) is 0 Å². The minimum absolute atomic E-state index is 0.204. The van der Waals surface area contributed by atoms with Crippen molar-refractivity contribution < 1.29 is 4.79 Å². The van der Waals surface area contributed by atoms with E-state index >= 15 is 0 Å². The van der Waals surface area contributed by atoms with Gasteiger partial charge in [0.05, 0.1) is 30.6 Å². The second kappa shape index (κ2) is 8.08. The van der Waals surface area contributed by atoms with Crippen LogP contribution >= 0.6 is 0 Å². The zero-order valence-corrected chi connectivity index (χ0v) is 17.5. The SMILES string of the molecule is Cn1nnc(N2CCC3=C(C2)c2ncc(CC(=O)C4=CCCCC4)nc2CCC3)n1. The van der Waals surface area contributed by atoms with Crippen molar-refractivity contribution in [3.05, 3.63) is 40.5 Å². The van der Waals surface area contributed by atoms with Crippen LogP contribution in [0.4, 0.5) is 5.95 Å². The summed E-state index contributed by atoms with van der Waals surface area (Å²) in [6.45, 7) is 1.63. The van der Waals surface area contributed by atoms with E-state index in [1.165, 1.54) is 22.4 Å². The van der Waals surface area contributed by atoms with E-state index in [4.69, 9.17) is 9.97 Å². The molecule has 1 aliphatic heterocycles. The lowest BCUT2D eigenvalue weighted by Crippen LogP contribution is -2.32. The largest absolute Gasteiger partial charge is 0.333 e. The van der Waals surface area contributed by atoms with Gasteiger partial charge in [0.2, 0.25) is 0 Å². The van der Waals surface area contributed by atoms with Crippen molar-refractivity contribution >= 4 is 17.3 Å². The Hall–Kier alpha value is -2.90. The minimum Gasteiger partial charge on any atom is -0.333 e. The van der Waals surface area contributed by atoms with Crippen molar-refractivity contribution in [2.24, 2.45) is 7.05 Å². The summed E-state index contributed by atoms with van der Waals surface area (Å²) in [4.78, 5) is 26.0. The van der Waals surface area contributed by atoms with Crippen molar-refractivity contribution in [2.75, 3.05) is 18.0 Å². The van der Waals surface area contributed by atoms with E-state index in [1.807, 2.05) is 0 Å². The molecule has 0 saturated heterocycles. The molecule has 5 rings (SSSR count). The fourth-order valence-corrected chi connectivity index (χ4v) is 4.71. The number of tetrazole rings is 1. The maximum absolute atomic E-state index is 12.7. The first-order chi connectivity index (χ1) is 14.7. The van der Waals surface area contributed by atoms with Crippen molar-refractivity contribution in [3.63, 3.8) is 0 Å². The zero-order chi connectivity index (χ0) is 20.5. The number of nitrogens with zero attached hydrogens (tertiary/aromatic N) is 7. The molecule has 2 aromatic rings. The molecule has 0 N–H and O–H groups in total. The summed E-state index contributed by atoms with van der Waals surface area (Å²) >= 11 is 0. The topological polar surface area (TPSA) is 89.7 Å². The highest BCUT2D eigenvalue weighted by atomic mass is 16.1. The average molecular weight is 406 g/mol. The first-order valence-electron chi connectivity index (χ1n) is 10.9. The van der Waals surface area contributed by atoms with Crippen molar-refractivity contribution in [1.29, 1.82) is 0 Å². The Kier molecular flexibility index (Phi) is 5.14. The van der Waals surface area contributed by atoms with Crippen LogP contribution in [0.1, 0.15) is 62.0 Å². The van der Waals surface area contributed by atoms with Crippen molar-refractivity contribution in [3.8, 4) is 0 Å². The van der Waals surface area contributed by atoms with Gasteiger partial charge in [-0.2, -0.15) is 4.80 Å². The van der Waals surface area contributed by atoms with Gasteiger partial charge >= 0.3 is 0 Å². The van der Waals surface area contributed by atoms with E-state index in [0.29, 0.717) is 12.4 Å². The second-order valence-electron chi connectivity index (χ2n) is 8.42. The molecule has 0 unspecified atom stereocenters. The van der Waals surface area contributed by atoms with Crippen LogP contribution in [0, 0.1) is 0 Å². The third kappa shape index (κ3) is 3.78. The molecule has 0 atom stereocenters. The Bertz CT molecular complexity index is 1040. The molecule has 0 spiro atoms. The Labute approximate surface area is 176 Å². The van der Waals surface area contributed by atoms with Gasteiger partial charge in [0.15, 0.2) is 5.78 Å². The summed E-state index contributed by atoms with van der Waals surface area (Å²) in [5.41, 5.74) is 6.50. The highest BCUT2D eigenvalue weighted by molar-refractivity contribution is 5.96. The van der Waals surface area contributed by atoms with Crippen LogP contribution in [0.3, 0.4) is 0 Å². The Morgan fingerprint density at radius 2 is 2.07 bits per heavy atom. The molecule has 156 valence electrons. The Balaban J connectivity index is 1.39. The molecule has 2 aliphatic carbocycles. The molecule has 0 aromatic carbocycles. The number of rotatable bonds is 4. The summed E-state index contributed by atoms with van der Waals surface area (Å²) in [7, 11) is 1.78. The minimum atomic E-state index is 0.204. The van der Waals surface area contributed by atoms with E-state index in [2.05, 4.69) is 26.4 Å². The number of Topliss-reactive ketones (excluding diaryl/α,β-unsaturated/α-hetero) is 1. The summed E-state index contributed by atoms with van der Waals surface area (Å²) < 4.78 is 0. The fraction of sp³-hybridized carbons (Fsp3) is 0.545. The molecular weight excluding hydrogens is 378 g/mol. The molecule has 0 bridgehead atoms. The Morgan fingerprint density at radius 1 is 1.13 bits per heavy atom. The van der Waals surface area contributed by atoms with Gasteiger partial charge in [-0.1, -0.05) is 16.7 Å². The van der Waals surface area contributed by atoms with Crippen molar-refractivity contribution in [1.82, 2.24) is 30.2 Å². The highest BCUT2D eigenvalue weighted by Gasteiger charge is 2.27. The number of carbonyl (C=O) groups is 1. The smallest absolute Gasteiger partial charge is 0.266 e. The predicted molar refractivity (Wildman–Crippen MR) is 113 cm³/mol. The number of fused-ring (bicyclic) bond motifs is 2. The van der Waals surface area contributed by atoms with E-state index in [1.54, 1.807) is 13.2 Å². The first kappa shape index (κ1) is 19.1. The van der Waals surface area contributed by atoms with E-state index in [9.17, 15) is 4.79 Å². The third-order valence-electron chi connectivity index (χ3n) is 6.30. The zero-order valence-electron chi connectivity index (χ0n) is 17.5. The second-order valence-corrected chi connectivity index (χ2v) is 8.42. The molecule has 30 heavy (non-hydrogen) atoms. The van der Waals surface area contributed by atoms with Gasteiger partial charge in [-0.15, -0.1) is 5.10 Å². The van der Waals surface area contributed by atoms with Gasteiger partial charge in [0.1, 0.15) is 0 Å². The van der Waals surface area contributed by atoms with Gasteiger partial charge < -0.3 is 4.90 Å². The number of allylic oxidation sites excluding steroid dienone is 2. The van der Waals surface area contributed by atoms with Crippen LogP contribution in [-0.2, 0) is 24.7 Å². The number of hydrogen-bond acceptors (Lipinski definition) is 7. The molecule has 8 nitrogen and oxygen atoms in total. The van der Waals surface area contributed by atoms with E-state index < -0.39 is 0 Å². The van der Waals surface area contributed by atoms with Crippen LogP contribution in [0.5, 0.6) is 0 Å². The first-order valence-corrected chi connectivity index (χ1v) is 10.9. The summed E-state index contributed by atoms with van der Waals surface area (Å²) in [5, 5.41) is 12.5.